The Balaban J connectivity index is 2.44. The number of hydrogen-bond donors (Lipinski definition) is 1. The van der Waals surface area contributed by atoms with Crippen LogP contribution in [0.15, 0.2) is 36.9 Å². The van der Waals surface area contributed by atoms with Gasteiger partial charge in [0.25, 0.3) is 0 Å². The van der Waals surface area contributed by atoms with Crippen molar-refractivity contribution in [3.8, 4) is 0 Å². The van der Waals surface area contributed by atoms with E-state index in [9.17, 15) is 4.39 Å². The average molecular weight is 245 g/mol. The number of aryl methyl sites for hydroxylation is 1. The molecule has 0 radical (unpaired) electrons. The van der Waals surface area contributed by atoms with Gasteiger partial charge in [-0.15, -0.1) is 0 Å². The molecule has 1 aromatic carbocycles. The van der Waals surface area contributed by atoms with E-state index < -0.39 is 0 Å². The number of nitrogens with one attached hydrogen (secondary N) is 1. The topological polar surface area (TPSA) is 37.8 Å². The van der Waals surface area contributed by atoms with E-state index in [1.807, 2.05) is 13.8 Å². The van der Waals surface area contributed by atoms with Gasteiger partial charge in [-0.3, -0.25) is 0 Å². The van der Waals surface area contributed by atoms with Gasteiger partial charge in [-0.05, 0) is 36.7 Å². The lowest BCUT2D eigenvalue weighted by atomic mass is 9.96. The third kappa shape index (κ3) is 2.71. The molecule has 94 valence electrons. The SMILES string of the molecule is CCNC(c1cncnc1)c1cc(F)ccc1C. The van der Waals surface area contributed by atoms with Crippen molar-refractivity contribution >= 4 is 0 Å². The monoisotopic (exact) mass is 245 g/mol. The lowest BCUT2D eigenvalue weighted by molar-refractivity contribution is 0.598. The minimum Gasteiger partial charge on any atom is -0.306 e. The van der Waals surface area contributed by atoms with Gasteiger partial charge in [0.05, 0.1) is 6.04 Å². The van der Waals surface area contributed by atoms with E-state index in [2.05, 4.69) is 15.3 Å². The van der Waals surface area contributed by atoms with Gasteiger partial charge >= 0.3 is 0 Å². The zero-order valence-corrected chi connectivity index (χ0v) is 10.5. The summed E-state index contributed by atoms with van der Waals surface area (Å²) in [6.45, 7) is 4.78. The molecule has 2 rings (SSSR count). The molecule has 0 amide bonds. The van der Waals surface area contributed by atoms with Crippen LogP contribution in [0.1, 0.15) is 29.7 Å². The molecule has 18 heavy (non-hydrogen) atoms. The highest BCUT2D eigenvalue weighted by Gasteiger charge is 2.16. The molecule has 0 bridgehead atoms. The van der Waals surface area contributed by atoms with Gasteiger partial charge in [-0.2, -0.15) is 0 Å². The molecule has 3 nitrogen and oxygen atoms in total. The van der Waals surface area contributed by atoms with Crippen molar-refractivity contribution in [1.82, 2.24) is 15.3 Å². The Bertz CT molecular complexity index is 514. The van der Waals surface area contributed by atoms with Crippen LogP contribution in [0.3, 0.4) is 0 Å². The summed E-state index contributed by atoms with van der Waals surface area (Å²) in [5.74, 6) is -0.227. The summed E-state index contributed by atoms with van der Waals surface area (Å²) in [6.07, 6.45) is 5.00. The highest BCUT2D eigenvalue weighted by molar-refractivity contribution is 5.35. The van der Waals surface area contributed by atoms with Crippen molar-refractivity contribution < 1.29 is 4.39 Å². The quantitative estimate of drug-likeness (QED) is 0.899. The Morgan fingerprint density at radius 2 is 2.00 bits per heavy atom. The van der Waals surface area contributed by atoms with E-state index in [-0.39, 0.29) is 11.9 Å². The van der Waals surface area contributed by atoms with Crippen molar-refractivity contribution in [2.24, 2.45) is 0 Å². The molecular weight excluding hydrogens is 229 g/mol. The third-order valence-electron chi connectivity index (χ3n) is 2.87. The van der Waals surface area contributed by atoms with Crippen molar-refractivity contribution in [3.63, 3.8) is 0 Å². The van der Waals surface area contributed by atoms with Crippen LogP contribution in [0.2, 0.25) is 0 Å². The Kier molecular flexibility index (Phi) is 3.99. The summed E-state index contributed by atoms with van der Waals surface area (Å²) >= 11 is 0. The normalized spacial score (nSPS) is 12.4. The number of halogens is 1. The van der Waals surface area contributed by atoms with Crippen molar-refractivity contribution in [2.45, 2.75) is 19.9 Å². The van der Waals surface area contributed by atoms with Gasteiger partial charge in [0.15, 0.2) is 0 Å². The van der Waals surface area contributed by atoms with Gasteiger partial charge in [-0.1, -0.05) is 13.0 Å². The molecule has 0 aliphatic heterocycles. The largest absolute Gasteiger partial charge is 0.306 e. The van der Waals surface area contributed by atoms with Crippen LogP contribution in [0.25, 0.3) is 0 Å². The molecule has 0 saturated heterocycles. The summed E-state index contributed by atoms with van der Waals surface area (Å²) < 4.78 is 13.4. The summed E-state index contributed by atoms with van der Waals surface area (Å²) in [5, 5.41) is 3.34. The molecular formula is C14H16FN3. The highest BCUT2D eigenvalue weighted by atomic mass is 19.1. The van der Waals surface area contributed by atoms with E-state index in [1.165, 1.54) is 12.4 Å². The van der Waals surface area contributed by atoms with E-state index >= 15 is 0 Å². The van der Waals surface area contributed by atoms with Crippen molar-refractivity contribution in [1.29, 1.82) is 0 Å². The molecule has 4 heteroatoms. The number of rotatable bonds is 4. The fraction of sp³-hybridized carbons (Fsp3) is 0.286. The lowest BCUT2D eigenvalue weighted by Gasteiger charge is -2.20. The summed E-state index contributed by atoms with van der Waals surface area (Å²) in [5.41, 5.74) is 2.91. The summed E-state index contributed by atoms with van der Waals surface area (Å²) in [4.78, 5) is 8.04. The van der Waals surface area contributed by atoms with Crippen LogP contribution < -0.4 is 5.32 Å². The first-order chi connectivity index (χ1) is 8.72. The molecule has 0 saturated carbocycles. The van der Waals surface area contributed by atoms with Crippen LogP contribution in [-0.4, -0.2) is 16.5 Å². The van der Waals surface area contributed by atoms with Gasteiger partial charge < -0.3 is 5.32 Å². The Labute approximate surface area is 106 Å². The maximum absolute atomic E-state index is 13.4. The maximum Gasteiger partial charge on any atom is 0.123 e. The fourth-order valence-corrected chi connectivity index (χ4v) is 1.99. The predicted molar refractivity (Wildman–Crippen MR) is 68.7 cm³/mol. The lowest BCUT2D eigenvalue weighted by Crippen LogP contribution is -2.23. The van der Waals surface area contributed by atoms with Crippen molar-refractivity contribution in [3.05, 3.63) is 59.4 Å². The van der Waals surface area contributed by atoms with Crippen LogP contribution in [0.5, 0.6) is 0 Å². The highest BCUT2D eigenvalue weighted by Crippen LogP contribution is 2.24. The minimum absolute atomic E-state index is 0.0769. The first-order valence-electron chi connectivity index (χ1n) is 5.96. The first kappa shape index (κ1) is 12.6. The van der Waals surface area contributed by atoms with Gasteiger partial charge in [0, 0.05) is 18.0 Å². The van der Waals surface area contributed by atoms with Crippen LogP contribution in [-0.2, 0) is 0 Å². The fourth-order valence-electron chi connectivity index (χ4n) is 1.99. The Morgan fingerprint density at radius 1 is 1.28 bits per heavy atom. The molecule has 2 aromatic rings. The molecule has 0 aliphatic rings. The van der Waals surface area contributed by atoms with E-state index in [4.69, 9.17) is 0 Å². The zero-order valence-electron chi connectivity index (χ0n) is 10.5. The van der Waals surface area contributed by atoms with Crippen LogP contribution >= 0.6 is 0 Å². The molecule has 0 fully saturated rings. The number of aromatic nitrogens is 2. The third-order valence-corrected chi connectivity index (χ3v) is 2.87. The number of hydrogen-bond acceptors (Lipinski definition) is 3. The second-order valence-electron chi connectivity index (χ2n) is 4.16. The van der Waals surface area contributed by atoms with Crippen molar-refractivity contribution in [2.75, 3.05) is 6.54 Å². The standard InChI is InChI=1S/C14H16FN3/c1-3-18-14(11-7-16-9-17-8-11)13-6-12(15)5-4-10(13)2/h4-9,14,18H,3H2,1-2H3. The second kappa shape index (κ2) is 5.69. The van der Waals surface area contributed by atoms with Gasteiger partial charge in [0.1, 0.15) is 12.1 Å². The number of benzene rings is 1. The second-order valence-corrected chi connectivity index (χ2v) is 4.16. The Morgan fingerprint density at radius 3 is 2.67 bits per heavy atom. The Hall–Kier alpha value is -1.81. The molecule has 1 aromatic heterocycles. The minimum atomic E-state index is -0.227. The molecule has 1 unspecified atom stereocenters. The maximum atomic E-state index is 13.4. The first-order valence-corrected chi connectivity index (χ1v) is 5.96. The van der Waals surface area contributed by atoms with Crippen LogP contribution in [0.4, 0.5) is 4.39 Å². The zero-order chi connectivity index (χ0) is 13.0. The van der Waals surface area contributed by atoms with E-state index in [0.717, 1.165) is 23.2 Å². The van der Waals surface area contributed by atoms with Gasteiger partial charge in [0.2, 0.25) is 0 Å². The molecule has 0 spiro atoms. The molecule has 0 aliphatic carbocycles. The van der Waals surface area contributed by atoms with Crippen LogP contribution in [0, 0.1) is 12.7 Å². The molecule has 1 heterocycles. The van der Waals surface area contributed by atoms with E-state index in [1.54, 1.807) is 24.5 Å². The number of nitrogens with zero attached hydrogens (tertiary/aromatic N) is 2. The molecule has 1 N–H and O–H groups in total. The van der Waals surface area contributed by atoms with E-state index in [0.29, 0.717) is 0 Å². The predicted octanol–water partition coefficient (Wildman–Crippen LogP) is 2.62. The summed E-state index contributed by atoms with van der Waals surface area (Å²) in [7, 11) is 0. The molecule has 1 atom stereocenters. The average Bonchev–Trinajstić information content (AvgIpc) is 2.40. The summed E-state index contributed by atoms with van der Waals surface area (Å²) in [6, 6.07) is 4.75. The smallest absolute Gasteiger partial charge is 0.123 e. The van der Waals surface area contributed by atoms with Gasteiger partial charge in [-0.25, -0.2) is 14.4 Å².